The quantitative estimate of drug-likeness (QED) is 0.610. The Morgan fingerprint density at radius 3 is 2.25 bits per heavy atom. The molecule has 0 atom stereocenters. The Morgan fingerprint density at radius 2 is 1.88 bits per heavy atom. The molecule has 130 valence electrons. The highest BCUT2D eigenvalue weighted by Crippen LogP contribution is 2.44. The van der Waals surface area contributed by atoms with Crippen LogP contribution in [0.2, 0.25) is 0 Å². The van der Waals surface area contributed by atoms with E-state index in [1.54, 1.807) is 17.0 Å². The molecule has 1 aliphatic carbocycles. The molecule has 1 saturated carbocycles. The molecule has 0 heterocycles. The molecule has 24 heavy (non-hydrogen) atoms. The van der Waals surface area contributed by atoms with E-state index >= 15 is 0 Å². The van der Waals surface area contributed by atoms with Gasteiger partial charge in [-0.2, -0.15) is 0 Å². The van der Waals surface area contributed by atoms with E-state index in [0.29, 0.717) is 19.4 Å². The Hall–Kier alpha value is -2.44. The molecule has 1 aliphatic rings. The fourth-order valence-corrected chi connectivity index (χ4v) is 2.94. The van der Waals surface area contributed by atoms with Crippen LogP contribution in [0.25, 0.3) is 0 Å². The third-order valence-electron chi connectivity index (χ3n) is 4.70. The van der Waals surface area contributed by atoms with Crippen LogP contribution in [0.1, 0.15) is 45.1 Å². The molecule has 1 aromatic carbocycles. The maximum atomic E-state index is 12.6. The zero-order valence-corrected chi connectivity index (χ0v) is 13.9. The van der Waals surface area contributed by atoms with Crippen LogP contribution in [0.5, 0.6) is 0 Å². The fourth-order valence-electron chi connectivity index (χ4n) is 2.94. The van der Waals surface area contributed by atoms with Crippen molar-refractivity contribution in [3.63, 3.8) is 0 Å². The normalized spacial score (nSPS) is 15.6. The van der Waals surface area contributed by atoms with Gasteiger partial charge in [-0.1, -0.05) is 18.6 Å². The van der Waals surface area contributed by atoms with E-state index in [4.69, 9.17) is 0 Å². The summed E-state index contributed by atoms with van der Waals surface area (Å²) in [4.78, 5) is 35.9. The number of carboxylic acid groups (broad SMARTS) is 1. The zero-order chi connectivity index (χ0) is 17.9. The van der Waals surface area contributed by atoms with Gasteiger partial charge in [-0.05, 0) is 32.3 Å². The molecular weight excluding hydrogens is 312 g/mol. The van der Waals surface area contributed by atoms with Crippen LogP contribution in [-0.4, -0.2) is 32.8 Å². The lowest BCUT2D eigenvalue weighted by Crippen LogP contribution is -2.45. The maximum Gasteiger partial charge on any atom is 0.310 e. The predicted molar refractivity (Wildman–Crippen MR) is 87.3 cm³/mol. The number of nitrogens with zero attached hydrogens (tertiary/aromatic N) is 2. The molecule has 7 nitrogen and oxygen atoms in total. The fraction of sp³-hybridized carbons (Fsp3) is 0.529. The average molecular weight is 334 g/mol. The number of carboxylic acids is 1. The van der Waals surface area contributed by atoms with Gasteiger partial charge in [0, 0.05) is 31.1 Å². The highest BCUT2D eigenvalue weighted by Gasteiger charge is 2.46. The van der Waals surface area contributed by atoms with Gasteiger partial charge >= 0.3 is 5.97 Å². The second kappa shape index (κ2) is 6.98. The predicted octanol–water partition coefficient (Wildman–Crippen LogP) is 2.98. The van der Waals surface area contributed by atoms with Crippen molar-refractivity contribution in [3.8, 4) is 0 Å². The highest BCUT2D eigenvalue weighted by atomic mass is 16.6. The second-order valence-corrected chi connectivity index (χ2v) is 6.65. The highest BCUT2D eigenvalue weighted by molar-refractivity contribution is 5.85. The zero-order valence-electron chi connectivity index (χ0n) is 13.9. The summed E-state index contributed by atoms with van der Waals surface area (Å²) in [7, 11) is 0. The van der Waals surface area contributed by atoms with Crippen LogP contribution in [0.3, 0.4) is 0 Å². The van der Waals surface area contributed by atoms with Gasteiger partial charge in [0.15, 0.2) is 0 Å². The SMILES string of the molecule is CC(C)N(Cc1ccc([N+](=O)[O-])cc1)C(=O)CC1(C(=O)O)CCC1. The molecule has 0 aliphatic heterocycles. The van der Waals surface area contributed by atoms with Crippen molar-refractivity contribution in [1.82, 2.24) is 4.90 Å². The minimum Gasteiger partial charge on any atom is -0.481 e. The molecule has 0 unspecified atom stereocenters. The summed E-state index contributed by atoms with van der Waals surface area (Å²) in [6.45, 7) is 4.05. The van der Waals surface area contributed by atoms with E-state index in [0.717, 1.165) is 12.0 Å². The maximum absolute atomic E-state index is 12.6. The minimum absolute atomic E-state index is 0.000437. The Bertz CT molecular complexity index is 635. The number of amides is 1. The van der Waals surface area contributed by atoms with Crippen LogP contribution < -0.4 is 0 Å². The van der Waals surface area contributed by atoms with Gasteiger partial charge in [-0.3, -0.25) is 19.7 Å². The number of aliphatic carboxylic acids is 1. The standard InChI is InChI=1S/C17H22N2O5/c1-12(2)18(11-13-4-6-14(7-5-13)19(23)24)15(20)10-17(16(21)22)8-3-9-17/h4-7,12H,3,8-11H2,1-2H3,(H,21,22). The van der Waals surface area contributed by atoms with Gasteiger partial charge in [-0.25, -0.2) is 0 Å². The monoisotopic (exact) mass is 334 g/mol. The average Bonchev–Trinajstić information content (AvgIpc) is 2.48. The molecule has 2 rings (SSSR count). The molecule has 1 fully saturated rings. The molecule has 0 aromatic heterocycles. The van der Waals surface area contributed by atoms with Gasteiger partial charge in [0.2, 0.25) is 5.91 Å². The van der Waals surface area contributed by atoms with Crippen LogP contribution in [-0.2, 0) is 16.1 Å². The smallest absolute Gasteiger partial charge is 0.310 e. The lowest BCUT2D eigenvalue weighted by molar-refractivity contribution is -0.384. The van der Waals surface area contributed by atoms with Crippen LogP contribution in [0, 0.1) is 15.5 Å². The van der Waals surface area contributed by atoms with Crippen LogP contribution in [0.4, 0.5) is 5.69 Å². The lowest BCUT2D eigenvalue weighted by atomic mass is 9.66. The number of rotatable bonds is 7. The first-order chi connectivity index (χ1) is 11.2. The topological polar surface area (TPSA) is 101 Å². The largest absolute Gasteiger partial charge is 0.481 e. The van der Waals surface area contributed by atoms with Crippen molar-refractivity contribution < 1.29 is 19.6 Å². The summed E-state index contributed by atoms with van der Waals surface area (Å²) in [5, 5.41) is 20.1. The number of carbonyl (C=O) groups excluding carboxylic acids is 1. The van der Waals surface area contributed by atoms with E-state index in [-0.39, 0.29) is 24.1 Å². The molecule has 1 aromatic rings. The summed E-state index contributed by atoms with van der Waals surface area (Å²) in [5.41, 5.74) is -0.138. The van der Waals surface area contributed by atoms with E-state index in [1.807, 2.05) is 13.8 Å². The number of nitro groups is 1. The van der Waals surface area contributed by atoms with Crippen molar-refractivity contribution in [2.24, 2.45) is 5.41 Å². The Labute approximate surface area is 140 Å². The van der Waals surface area contributed by atoms with Gasteiger partial charge in [-0.15, -0.1) is 0 Å². The molecule has 1 N–H and O–H groups in total. The van der Waals surface area contributed by atoms with Crippen LogP contribution >= 0.6 is 0 Å². The second-order valence-electron chi connectivity index (χ2n) is 6.65. The Kier molecular flexibility index (Phi) is 5.21. The minimum atomic E-state index is -0.917. The third kappa shape index (κ3) is 3.72. The number of benzene rings is 1. The van der Waals surface area contributed by atoms with Gasteiger partial charge in [0.05, 0.1) is 10.3 Å². The molecule has 0 spiro atoms. The Morgan fingerprint density at radius 1 is 1.29 bits per heavy atom. The van der Waals surface area contributed by atoms with Gasteiger partial charge in [0.25, 0.3) is 5.69 Å². The van der Waals surface area contributed by atoms with Crippen molar-refractivity contribution in [2.75, 3.05) is 0 Å². The molecular formula is C17H22N2O5. The van der Waals surface area contributed by atoms with Gasteiger partial charge < -0.3 is 10.0 Å². The summed E-state index contributed by atoms with van der Waals surface area (Å²) in [6, 6.07) is 5.97. The molecule has 0 saturated heterocycles. The molecule has 7 heteroatoms. The molecule has 0 bridgehead atoms. The summed E-state index contributed by atoms with van der Waals surface area (Å²) >= 11 is 0. The van der Waals surface area contributed by atoms with Crippen molar-refractivity contribution in [1.29, 1.82) is 0 Å². The first-order valence-corrected chi connectivity index (χ1v) is 8.01. The summed E-state index contributed by atoms with van der Waals surface area (Å²) < 4.78 is 0. The van der Waals surface area contributed by atoms with Gasteiger partial charge in [0.1, 0.15) is 0 Å². The number of nitro benzene ring substituents is 1. The third-order valence-corrected chi connectivity index (χ3v) is 4.70. The molecule has 0 radical (unpaired) electrons. The first-order valence-electron chi connectivity index (χ1n) is 8.01. The van der Waals surface area contributed by atoms with E-state index in [9.17, 15) is 24.8 Å². The number of hydrogen-bond donors (Lipinski definition) is 1. The van der Waals surface area contributed by atoms with Crippen molar-refractivity contribution in [2.45, 2.75) is 52.1 Å². The summed E-state index contributed by atoms with van der Waals surface area (Å²) in [6.07, 6.45) is 1.92. The Balaban J connectivity index is 2.10. The first kappa shape index (κ1) is 17.9. The van der Waals surface area contributed by atoms with E-state index in [2.05, 4.69) is 0 Å². The lowest BCUT2D eigenvalue weighted by Gasteiger charge is -2.39. The van der Waals surface area contributed by atoms with Crippen molar-refractivity contribution in [3.05, 3.63) is 39.9 Å². The number of carbonyl (C=O) groups is 2. The van der Waals surface area contributed by atoms with Crippen molar-refractivity contribution >= 4 is 17.6 Å². The van der Waals surface area contributed by atoms with Crippen LogP contribution in [0.15, 0.2) is 24.3 Å². The molecule has 1 amide bonds. The number of hydrogen-bond acceptors (Lipinski definition) is 4. The summed E-state index contributed by atoms with van der Waals surface area (Å²) in [5.74, 6) is -1.09. The number of non-ortho nitro benzene ring substituents is 1. The van der Waals surface area contributed by atoms with E-state index in [1.165, 1.54) is 12.1 Å². The van der Waals surface area contributed by atoms with E-state index < -0.39 is 16.3 Å².